The van der Waals surface area contributed by atoms with Crippen molar-refractivity contribution in [2.24, 2.45) is 0 Å². The topological polar surface area (TPSA) is 24.5 Å². The predicted octanol–water partition coefficient (Wildman–Crippen LogP) is 3.01. The average Bonchev–Trinajstić information content (AvgIpc) is 2.56. The lowest BCUT2D eigenvalue weighted by molar-refractivity contribution is -0.0466. The van der Waals surface area contributed by atoms with Crippen molar-refractivity contribution in [3.63, 3.8) is 0 Å². The van der Waals surface area contributed by atoms with Crippen LogP contribution in [0, 0.1) is 0 Å². The summed E-state index contributed by atoms with van der Waals surface area (Å²) in [6.45, 7) is 9.66. The summed E-state index contributed by atoms with van der Waals surface area (Å²) in [5, 5.41) is 3.50. The van der Waals surface area contributed by atoms with Gasteiger partial charge in [-0.2, -0.15) is 0 Å². The number of hydrogen-bond acceptors (Lipinski definition) is 3. The van der Waals surface area contributed by atoms with Crippen molar-refractivity contribution in [1.82, 2.24) is 10.2 Å². The quantitative estimate of drug-likeness (QED) is 0.871. The summed E-state index contributed by atoms with van der Waals surface area (Å²) in [5.74, 6) is 0. The molecule has 1 heterocycles. The second kappa shape index (κ2) is 7.92. The van der Waals surface area contributed by atoms with Crippen molar-refractivity contribution in [2.45, 2.75) is 51.8 Å². The van der Waals surface area contributed by atoms with E-state index in [1.165, 1.54) is 11.1 Å². The molecule has 1 fully saturated rings. The smallest absolute Gasteiger partial charge is 0.0700 e. The molecule has 0 amide bonds. The summed E-state index contributed by atoms with van der Waals surface area (Å²) in [6.07, 6.45) is 2.58. The molecule has 1 aromatic carbocycles. The number of ether oxygens (including phenoxy) is 1. The van der Waals surface area contributed by atoms with E-state index in [-0.39, 0.29) is 0 Å². The molecule has 0 saturated carbocycles. The Balaban J connectivity index is 2.07. The van der Waals surface area contributed by atoms with E-state index in [9.17, 15) is 0 Å². The van der Waals surface area contributed by atoms with Crippen LogP contribution in [0.1, 0.15) is 44.4 Å². The van der Waals surface area contributed by atoms with E-state index >= 15 is 0 Å². The zero-order chi connectivity index (χ0) is 15.2. The first-order valence-corrected chi connectivity index (χ1v) is 8.31. The fourth-order valence-electron chi connectivity index (χ4n) is 3.22. The molecule has 1 aromatic rings. The molecule has 3 nitrogen and oxygen atoms in total. The number of morpholine rings is 1. The van der Waals surface area contributed by atoms with Crippen LogP contribution in [0.25, 0.3) is 0 Å². The third kappa shape index (κ3) is 4.06. The Kier molecular flexibility index (Phi) is 6.22. The van der Waals surface area contributed by atoms with E-state index in [0.717, 1.165) is 32.5 Å². The molecule has 1 aliphatic rings. The Morgan fingerprint density at radius 1 is 1.29 bits per heavy atom. The highest BCUT2D eigenvalue weighted by molar-refractivity contribution is 5.26. The number of aryl methyl sites for hydroxylation is 1. The summed E-state index contributed by atoms with van der Waals surface area (Å²) in [6, 6.07) is 9.89. The average molecular weight is 290 g/mol. The molecule has 2 rings (SSSR count). The highest BCUT2D eigenvalue weighted by atomic mass is 16.5. The summed E-state index contributed by atoms with van der Waals surface area (Å²) >= 11 is 0. The van der Waals surface area contributed by atoms with Gasteiger partial charge in [-0.25, -0.2) is 0 Å². The van der Waals surface area contributed by atoms with Gasteiger partial charge in [-0.1, -0.05) is 38.1 Å². The van der Waals surface area contributed by atoms with Gasteiger partial charge in [0.1, 0.15) is 0 Å². The first-order valence-electron chi connectivity index (χ1n) is 8.31. The minimum absolute atomic E-state index is 0.367. The van der Waals surface area contributed by atoms with Crippen LogP contribution in [-0.4, -0.2) is 43.8 Å². The van der Waals surface area contributed by atoms with E-state index in [1.54, 1.807) is 0 Å². The third-order valence-electron chi connectivity index (χ3n) is 4.74. The SMILES string of the molecule is CCc1ccc(C(NC)C(C)N2CCOC(CC)C2)cc1. The lowest BCUT2D eigenvalue weighted by atomic mass is 9.97. The van der Waals surface area contributed by atoms with Crippen LogP contribution in [0.3, 0.4) is 0 Å². The molecular weight excluding hydrogens is 260 g/mol. The van der Waals surface area contributed by atoms with Crippen LogP contribution >= 0.6 is 0 Å². The Morgan fingerprint density at radius 3 is 2.57 bits per heavy atom. The number of rotatable bonds is 6. The van der Waals surface area contributed by atoms with Crippen molar-refractivity contribution in [1.29, 1.82) is 0 Å². The molecular formula is C18H30N2O. The molecule has 1 N–H and O–H groups in total. The predicted molar refractivity (Wildman–Crippen MR) is 88.7 cm³/mol. The number of hydrogen-bond donors (Lipinski definition) is 1. The minimum Gasteiger partial charge on any atom is -0.376 e. The molecule has 0 spiro atoms. The Morgan fingerprint density at radius 2 is 2.00 bits per heavy atom. The number of nitrogens with one attached hydrogen (secondary N) is 1. The van der Waals surface area contributed by atoms with E-state index in [2.05, 4.69) is 62.3 Å². The zero-order valence-corrected chi connectivity index (χ0v) is 13.9. The number of likely N-dealkylation sites (N-methyl/N-ethyl adjacent to an activating group) is 1. The first-order chi connectivity index (χ1) is 10.2. The Bertz CT molecular complexity index is 418. The van der Waals surface area contributed by atoms with Gasteiger partial charge in [0.2, 0.25) is 0 Å². The maximum Gasteiger partial charge on any atom is 0.0700 e. The van der Waals surface area contributed by atoms with Gasteiger partial charge in [0.05, 0.1) is 12.7 Å². The molecule has 3 heteroatoms. The molecule has 1 aliphatic heterocycles. The van der Waals surface area contributed by atoms with Gasteiger partial charge < -0.3 is 10.1 Å². The molecule has 0 bridgehead atoms. The highest BCUT2D eigenvalue weighted by Gasteiger charge is 2.28. The fourth-order valence-corrected chi connectivity index (χ4v) is 3.22. The van der Waals surface area contributed by atoms with Crippen LogP contribution in [0.15, 0.2) is 24.3 Å². The van der Waals surface area contributed by atoms with Crippen molar-refractivity contribution < 1.29 is 4.74 Å². The van der Waals surface area contributed by atoms with Gasteiger partial charge in [0.25, 0.3) is 0 Å². The highest BCUT2D eigenvalue weighted by Crippen LogP contribution is 2.23. The lowest BCUT2D eigenvalue weighted by Gasteiger charge is -2.40. The van der Waals surface area contributed by atoms with E-state index < -0.39 is 0 Å². The van der Waals surface area contributed by atoms with Crippen LogP contribution < -0.4 is 5.32 Å². The molecule has 0 aliphatic carbocycles. The van der Waals surface area contributed by atoms with E-state index in [0.29, 0.717) is 18.2 Å². The number of nitrogens with zero attached hydrogens (tertiary/aromatic N) is 1. The van der Waals surface area contributed by atoms with Gasteiger partial charge in [-0.3, -0.25) is 4.90 Å². The summed E-state index contributed by atoms with van der Waals surface area (Å²) in [4.78, 5) is 2.56. The van der Waals surface area contributed by atoms with E-state index in [4.69, 9.17) is 4.74 Å². The van der Waals surface area contributed by atoms with Crippen molar-refractivity contribution in [3.05, 3.63) is 35.4 Å². The molecule has 21 heavy (non-hydrogen) atoms. The Labute approximate surface area is 129 Å². The standard InChI is InChI=1S/C18H30N2O/c1-5-15-7-9-16(10-8-15)18(19-4)14(3)20-11-12-21-17(6-2)13-20/h7-10,14,17-19H,5-6,11-13H2,1-4H3. The van der Waals surface area contributed by atoms with Gasteiger partial charge in [-0.05, 0) is 37.9 Å². The third-order valence-corrected chi connectivity index (χ3v) is 4.74. The van der Waals surface area contributed by atoms with Crippen LogP contribution in [0.2, 0.25) is 0 Å². The summed E-state index contributed by atoms with van der Waals surface area (Å²) in [5.41, 5.74) is 2.78. The largest absolute Gasteiger partial charge is 0.376 e. The molecule has 0 radical (unpaired) electrons. The van der Waals surface area contributed by atoms with Crippen molar-refractivity contribution in [3.8, 4) is 0 Å². The number of benzene rings is 1. The fraction of sp³-hybridized carbons (Fsp3) is 0.667. The zero-order valence-electron chi connectivity index (χ0n) is 13.9. The van der Waals surface area contributed by atoms with Crippen LogP contribution in [0.4, 0.5) is 0 Å². The molecule has 118 valence electrons. The van der Waals surface area contributed by atoms with Gasteiger partial charge in [0.15, 0.2) is 0 Å². The summed E-state index contributed by atoms with van der Waals surface area (Å²) < 4.78 is 5.79. The van der Waals surface area contributed by atoms with Crippen molar-refractivity contribution >= 4 is 0 Å². The maximum atomic E-state index is 5.79. The van der Waals surface area contributed by atoms with Gasteiger partial charge in [0, 0.05) is 25.2 Å². The first kappa shape index (κ1) is 16.5. The van der Waals surface area contributed by atoms with Gasteiger partial charge in [-0.15, -0.1) is 0 Å². The second-order valence-corrected chi connectivity index (χ2v) is 6.00. The summed E-state index contributed by atoms with van der Waals surface area (Å²) in [7, 11) is 2.06. The Hall–Kier alpha value is -0.900. The normalized spacial score (nSPS) is 23.0. The van der Waals surface area contributed by atoms with Gasteiger partial charge >= 0.3 is 0 Å². The van der Waals surface area contributed by atoms with E-state index in [1.807, 2.05) is 0 Å². The minimum atomic E-state index is 0.367. The maximum absolute atomic E-state index is 5.79. The second-order valence-electron chi connectivity index (χ2n) is 6.00. The van der Waals surface area contributed by atoms with Crippen LogP contribution in [-0.2, 0) is 11.2 Å². The lowest BCUT2D eigenvalue weighted by Crippen LogP contribution is -2.50. The van der Waals surface area contributed by atoms with Crippen molar-refractivity contribution in [2.75, 3.05) is 26.7 Å². The molecule has 0 aromatic heterocycles. The molecule has 1 saturated heterocycles. The molecule has 3 unspecified atom stereocenters. The monoisotopic (exact) mass is 290 g/mol. The molecule has 3 atom stereocenters. The van der Waals surface area contributed by atoms with Crippen LogP contribution in [0.5, 0.6) is 0 Å².